The van der Waals surface area contributed by atoms with Crippen LogP contribution in [-0.4, -0.2) is 32.3 Å². The van der Waals surface area contributed by atoms with E-state index in [9.17, 15) is 4.79 Å². The van der Waals surface area contributed by atoms with Gasteiger partial charge in [-0.15, -0.1) is 0 Å². The third-order valence-corrected chi connectivity index (χ3v) is 4.46. The first kappa shape index (κ1) is 27.6. The standard InChI is InChI=1S/C25H45NO3/c1-2-3-4-5-6-7-8-9-10-11-12-13-14-15-16-17-22-28-23-19-24-29-25(27)20-18-21-26/h6-7,9-10,12-13H,2-5,8,11,14-24,26H2,1H3. The summed E-state index contributed by atoms with van der Waals surface area (Å²) in [7, 11) is 0. The first-order chi connectivity index (χ1) is 14.3. The van der Waals surface area contributed by atoms with Crippen LogP contribution in [-0.2, 0) is 14.3 Å². The summed E-state index contributed by atoms with van der Waals surface area (Å²) in [6.07, 6.45) is 27.4. The number of hydrogen-bond acceptors (Lipinski definition) is 4. The molecule has 0 spiro atoms. The van der Waals surface area contributed by atoms with Gasteiger partial charge in [-0.2, -0.15) is 0 Å². The van der Waals surface area contributed by atoms with Crippen LogP contribution in [0.4, 0.5) is 0 Å². The molecule has 0 atom stereocenters. The van der Waals surface area contributed by atoms with E-state index in [1.54, 1.807) is 0 Å². The average molecular weight is 408 g/mol. The average Bonchev–Trinajstić information content (AvgIpc) is 2.73. The fraction of sp³-hybridized carbons (Fsp3) is 0.720. The molecule has 0 aliphatic heterocycles. The van der Waals surface area contributed by atoms with Crippen molar-refractivity contribution in [2.75, 3.05) is 26.4 Å². The van der Waals surface area contributed by atoms with Crippen LogP contribution in [0.5, 0.6) is 0 Å². The number of carbonyl (C=O) groups is 1. The summed E-state index contributed by atoms with van der Waals surface area (Å²) >= 11 is 0. The second-order valence-electron chi connectivity index (χ2n) is 7.31. The van der Waals surface area contributed by atoms with Crippen molar-refractivity contribution in [2.45, 2.75) is 90.4 Å². The Morgan fingerprint density at radius 2 is 1.34 bits per heavy atom. The van der Waals surface area contributed by atoms with Gasteiger partial charge in [-0.05, 0) is 57.9 Å². The molecular formula is C25H45NO3. The predicted octanol–water partition coefficient (Wildman–Crippen LogP) is 6.26. The molecule has 0 heterocycles. The fourth-order valence-electron chi connectivity index (χ4n) is 2.70. The third kappa shape index (κ3) is 24.6. The van der Waals surface area contributed by atoms with Crippen LogP contribution in [0.1, 0.15) is 90.4 Å². The Balaban J connectivity index is 3.26. The number of esters is 1. The highest BCUT2D eigenvalue weighted by atomic mass is 16.5. The normalized spacial score (nSPS) is 11.9. The molecule has 0 radical (unpaired) electrons. The van der Waals surface area contributed by atoms with Gasteiger partial charge in [0, 0.05) is 26.1 Å². The first-order valence-electron chi connectivity index (χ1n) is 11.7. The van der Waals surface area contributed by atoms with Gasteiger partial charge in [0.15, 0.2) is 0 Å². The summed E-state index contributed by atoms with van der Waals surface area (Å²) in [6.45, 7) is 4.66. The van der Waals surface area contributed by atoms with Crippen molar-refractivity contribution in [2.24, 2.45) is 5.73 Å². The molecule has 29 heavy (non-hydrogen) atoms. The van der Waals surface area contributed by atoms with E-state index in [1.165, 1.54) is 38.5 Å². The number of nitrogens with two attached hydrogens (primary N) is 1. The minimum atomic E-state index is -0.159. The zero-order valence-electron chi connectivity index (χ0n) is 18.8. The number of carbonyl (C=O) groups excluding carboxylic acids is 1. The predicted molar refractivity (Wildman–Crippen MR) is 124 cm³/mol. The largest absolute Gasteiger partial charge is 0.466 e. The molecule has 0 unspecified atom stereocenters. The van der Waals surface area contributed by atoms with Gasteiger partial charge >= 0.3 is 5.97 Å². The maximum absolute atomic E-state index is 11.3. The van der Waals surface area contributed by atoms with Crippen molar-refractivity contribution in [1.82, 2.24) is 0 Å². The topological polar surface area (TPSA) is 61.5 Å². The van der Waals surface area contributed by atoms with Crippen LogP contribution in [0.2, 0.25) is 0 Å². The van der Waals surface area contributed by atoms with E-state index < -0.39 is 0 Å². The van der Waals surface area contributed by atoms with Crippen molar-refractivity contribution in [3.8, 4) is 0 Å². The molecule has 0 aliphatic rings. The van der Waals surface area contributed by atoms with Crippen LogP contribution in [0.15, 0.2) is 36.5 Å². The lowest BCUT2D eigenvalue weighted by Crippen LogP contribution is -2.10. The highest BCUT2D eigenvalue weighted by Gasteiger charge is 2.00. The molecule has 0 bridgehead atoms. The molecule has 2 N–H and O–H groups in total. The van der Waals surface area contributed by atoms with Gasteiger partial charge in [-0.25, -0.2) is 0 Å². The summed E-state index contributed by atoms with van der Waals surface area (Å²) in [5.74, 6) is -0.159. The lowest BCUT2D eigenvalue weighted by Gasteiger charge is -2.05. The molecule has 0 aromatic rings. The third-order valence-electron chi connectivity index (χ3n) is 4.46. The van der Waals surface area contributed by atoms with Gasteiger partial charge < -0.3 is 15.2 Å². The number of hydrogen-bond donors (Lipinski definition) is 1. The van der Waals surface area contributed by atoms with Crippen LogP contribution in [0.3, 0.4) is 0 Å². The molecule has 0 aromatic heterocycles. The summed E-state index contributed by atoms with van der Waals surface area (Å²) in [5, 5.41) is 0. The second-order valence-corrected chi connectivity index (χ2v) is 7.31. The highest BCUT2D eigenvalue weighted by Crippen LogP contribution is 2.03. The Kier molecular flexibility index (Phi) is 23.5. The smallest absolute Gasteiger partial charge is 0.305 e. The van der Waals surface area contributed by atoms with Crippen molar-refractivity contribution < 1.29 is 14.3 Å². The lowest BCUT2D eigenvalue weighted by atomic mass is 10.2. The van der Waals surface area contributed by atoms with Crippen molar-refractivity contribution in [1.29, 1.82) is 0 Å². The molecule has 0 saturated carbocycles. The Morgan fingerprint density at radius 1 is 0.724 bits per heavy atom. The van der Waals surface area contributed by atoms with E-state index >= 15 is 0 Å². The van der Waals surface area contributed by atoms with Crippen LogP contribution >= 0.6 is 0 Å². The van der Waals surface area contributed by atoms with Gasteiger partial charge in [0.05, 0.1) is 6.61 Å². The Morgan fingerprint density at radius 3 is 2.00 bits per heavy atom. The van der Waals surface area contributed by atoms with Crippen LogP contribution < -0.4 is 5.73 Å². The molecule has 0 rings (SSSR count). The second kappa shape index (κ2) is 24.6. The molecule has 0 fully saturated rings. The van der Waals surface area contributed by atoms with Gasteiger partial charge in [0.25, 0.3) is 0 Å². The van der Waals surface area contributed by atoms with Crippen molar-refractivity contribution in [3.63, 3.8) is 0 Å². The Hall–Kier alpha value is -1.39. The summed E-state index contributed by atoms with van der Waals surface area (Å²) in [5.41, 5.74) is 5.35. The van der Waals surface area contributed by atoms with E-state index in [4.69, 9.17) is 15.2 Å². The summed E-state index contributed by atoms with van der Waals surface area (Å²) in [4.78, 5) is 11.3. The van der Waals surface area contributed by atoms with E-state index in [2.05, 4.69) is 43.4 Å². The van der Waals surface area contributed by atoms with Gasteiger partial charge in [-0.1, -0.05) is 62.6 Å². The van der Waals surface area contributed by atoms with Crippen LogP contribution in [0, 0.1) is 0 Å². The van der Waals surface area contributed by atoms with Crippen molar-refractivity contribution >= 4 is 5.97 Å². The number of rotatable bonds is 21. The molecule has 4 heteroatoms. The molecule has 4 nitrogen and oxygen atoms in total. The summed E-state index contributed by atoms with van der Waals surface area (Å²) in [6, 6.07) is 0. The highest BCUT2D eigenvalue weighted by molar-refractivity contribution is 5.69. The molecule has 0 saturated heterocycles. The fourth-order valence-corrected chi connectivity index (χ4v) is 2.70. The molecule has 0 aromatic carbocycles. The Labute approximate surface area is 179 Å². The van der Waals surface area contributed by atoms with Crippen LogP contribution in [0.25, 0.3) is 0 Å². The lowest BCUT2D eigenvalue weighted by molar-refractivity contribution is -0.144. The number of allylic oxidation sites excluding steroid dienone is 6. The zero-order valence-corrected chi connectivity index (χ0v) is 18.8. The van der Waals surface area contributed by atoms with E-state index in [-0.39, 0.29) is 5.97 Å². The van der Waals surface area contributed by atoms with Gasteiger partial charge in [0.1, 0.15) is 0 Å². The number of unbranched alkanes of at least 4 members (excludes halogenated alkanes) is 6. The molecule has 168 valence electrons. The number of ether oxygens (including phenoxy) is 2. The Bertz CT molecular complexity index is 430. The van der Waals surface area contributed by atoms with Crippen molar-refractivity contribution in [3.05, 3.63) is 36.5 Å². The molecule has 0 amide bonds. The maximum atomic E-state index is 11.3. The first-order valence-corrected chi connectivity index (χ1v) is 11.7. The minimum Gasteiger partial charge on any atom is -0.466 e. The van der Waals surface area contributed by atoms with E-state index in [0.29, 0.717) is 32.6 Å². The van der Waals surface area contributed by atoms with Gasteiger partial charge in [-0.3, -0.25) is 4.79 Å². The maximum Gasteiger partial charge on any atom is 0.305 e. The van der Waals surface area contributed by atoms with E-state index in [1.807, 2.05) is 0 Å². The quantitative estimate of drug-likeness (QED) is 0.138. The minimum absolute atomic E-state index is 0.159. The molecular weight excluding hydrogens is 362 g/mol. The van der Waals surface area contributed by atoms with Gasteiger partial charge in [0.2, 0.25) is 0 Å². The van der Waals surface area contributed by atoms with E-state index in [0.717, 1.165) is 38.7 Å². The summed E-state index contributed by atoms with van der Waals surface area (Å²) < 4.78 is 10.7. The monoisotopic (exact) mass is 407 g/mol. The SMILES string of the molecule is CCCCCC=CCC=CCC=CCCCCCOCCCOC(=O)CCCN. The molecule has 0 aliphatic carbocycles. The zero-order chi connectivity index (χ0) is 21.3.